The SMILES string of the molecule is CO[C@H]1c2ccccc2[C@@H](Br)[C@H](OC)N1C#N. The largest absolute Gasteiger partial charge is 0.359 e. The normalized spacial score (nSPS) is 27.4. The number of halogens is 1. The molecule has 1 aromatic rings. The van der Waals surface area contributed by atoms with Crippen LogP contribution in [0.5, 0.6) is 0 Å². The van der Waals surface area contributed by atoms with E-state index in [1.807, 2.05) is 24.3 Å². The van der Waals surface area contributed by atoms with E-state index in [1.165, 1.54) is 4.90 Å². The quantitative estimate of drug-likeness (QED) is 0.621. The second-order valence-electron chi connectivity index (χ2n) is 3.75. The highest BCUT2D eigenvalue weighted by Gasteiger charge is 2.39. The number of ether oxygens (including phenoxy) is 2. The molecule has 0 saturated heterocycles. The van der Waals surface area contributed by atoms with Crippen molar-refractivity contribution in [1.29, 1.82) is 5.26 Å². The van der Waals surface area contributed by atoms with E-state index < -0.39 is 6.23 Å². The van der Waals surface area contributed by atoms with Gasteiger partial charge in [-0.25, -0.2) is 0 Å². The van der Waals surface area contributed by atoms with E-state index in [2.05, 4.69) is 22.1 Å². The minimum Gasteiger partial charge on any atom is -0.359 e. The van der Waals surface area contributed by atoms with Gasteiger partial charge in [-0.2, -0.15) is 5.26 Å². The number of benzene rings is 1. The van der Waals surface area contributed by atoms with E-state index >= 15 is 0 Å². The highest BCUT2D eigenvalue weighted by Crippen LogP contribution is 2.43. The van der Waals surface area contributed by atoms with Crippen LogP contribution >= 0.6 is 15.9 Å². The third-order valence-electron chi connectivity index (χ3n) is 2.92. The third kappa shape index (κ3) is 1.93. The molecule has 1 aliphatic heterocycles. The molecule has 0 bridgehead atoms. The molecule has 0 saturated carbocycles. The van der Waals surface area contributed by atoms with Gasteiger partial charge in [-0.05, 0) is 5.56 Å². The Kier molecular flexibility index (Phi) is 3.67. The molecule has 1 aromatic carbocycles. The Hall–Kier alpha value is -1.09. The number of hydrogen-bond acceptors (Lipinski definition) is 4. The number of rotatable bonds is 2. The van der Waals surface area contributed by atoms with Gasteiger partial charge in [-0.3, -0.25) is 4.90 Å². The van der Waals surface area contributed by atoms with E-state index in [9.17, 15) is 5.26 Å². The third-order valence-corrected chi connectivity index (χ3v) is 3.86. The van der Waals surface area contributed by atoms with Crippen molar-refractivity contribution in [1.82, 2.24) is 4.90 Å². The molecule has 0 amide bonds. The van der Waals surface area contributed by atoms with Crippen molar-refractivity contribution in [2.75, 3.05) is 14.2 Å². The van der Waals surface area contributed by atoms with Gasteiger partial charge in [-0.15, -0.1) is 0 Å². The van der Waals surface area contributed by atoms with Crippen LogP contribution in [0.1, 0.15) is 22.2 Å². The summed E-state index contributed by atoms with van der Waals surface area (Å²) in [5, 5.41) is 9.23. The summed E-state index contributed by atoms with van der Waals surface area (Å²) in [5.41, 5.74) is 2.09. The number of nitrogens with zero attached hydrogens (tertiary/aromatic N) is 2. The van der Waals surface area contributed by atoms with Gasteiger partial charge in [0.1, 0.15) is 0 Å². The summed E-state index contributed by atoms with van der Waals surface area (Å²) >= 11 is 3.58. The topological polar surface area (TPSA) is 45.5 Å². The predicted molar refractivity (Wildman–Crippen MR) is 66.1 cm³/mol. The monoisotopic (exact) mass is 296 g/mol. The van der Waals surface area contributed by atoms with Crippen molar-refractivity contribution in [3.05, 3.63) is 35.4 Å². The van der Waals surface area contributed by atoms with E-state index in [1.54, 1.807) is 14.2 Å². The van der Waals surface area contributed by atoms with Crippen molar-refractivity contribution in [3.63, 3.8) is 0 Å². The van der Waals surface area contributed by atoms with Crippen LogP contribution in [0, 0.1) is 11.5 Å². The molecule has 4 nitrogen and oxygen atoms in total. The molecule has 0 N–H and O–H groups in total. The lowest BCUT2D eigenvalue weighted by atomic mass is 9.97. The fourth-order valence-corrected chi connectivity index (χ4v) is 3.04. The molecule has 0 fully saturated rings. The Balaban J connectivity index is 2.53. The van der Waals surface area contributed by atoms with Gasteiger partial charge in [0.15, 0.2) is 18.6 Å². The maximum atomic E-state index is 9.23. The molecule has 0 radical (unpaired) electrons. The lowest BCUT2D eigenvalue weighted by Gasteiger charge is -2.40. The number of hydrogen-bond donors (Lipinski definition) is 0. The second-order valence-corrected chi connectivity index (χ2v) is 4.74. The molecule has 2 rings (SSSR count). The first kappa shape index (κ1) is 12.4. The van der Waals surface area contributed by atoms with Crippen molar-refractivity contribution >= 4 is 15.9 Å². The first-order valence-electron chi connectivity index (χ1n) is 5.21. The molecule has 0 aromatic heterocycles. The fourth-order valence-electron chi connectivity index (χ4n) is 2.15. The minimum atomic E-state index is -0.394. The van der Waals surface area contributed by atoms with E-state index in [0.717, 1.165) is 11.1 Å². The molecule has 5 heteroatoms. The van der Waals surface area contributed by atoms with Gasteiger partial charge < -0.3 is 9.47 Å². The molecule has 0 unspecified atom stereocenters. The standard InChI is InChI=1S/C12H13BrN2O2/c1-16-11-9-6-4-3-5-8(9)10(13)12(17-2)15(11)7-14/h3-6,10-12H,1-2H3/t10-,11+,12+/m1/s1. The second kappa shape index (κ2) is 5.05. The number of nitriles is 1. The van der Waals surface area contributed by atoms with Crippen molar-refractivity contribution in [3.8, 4) is 6.19 Å². The van der Waals surface area contributed by atoms with Crippen LogP contribution in [0.3, 0.4) is 0 Å². The van der Waals surface area contributed by atoms with Crippen LogP contribution < -0.4 is 0 Å². The Labute approximate surface area is 109 Å². The lowest BCUT2D eigenvalue weighted by molar-refractivity contribution is -0.112. The molecule has 90 valence electrons. The molecule has 1 aliphatic rings. The summed E-state index contributed by atoms with van der Waals surface area (Å²) in [6.45, 7) is 0. The van der Waals surface area contributed by atoms with Crippen LogP contribution in [0.2, 0.25) is 0 Å². The van der Waals surface area contributed by atoms with Gasteiger partial charge in [0.25, 0.3) is 0 Å². The number of fused-ring (bicyclic) bond motifs is 1. The summed E-state index contributed by atoms with van der Waals surface area (Å²) in [4.78, 5) is 1.47. The molecule has 17 heavy (non-hydrogen) atoms. The molecular formula is C12H13BrN2O2. The van der Waals surface area contributed by atoms with Gasteiger partial charge >= 0.3 is 0 Å². The van der Waals surface area contributed by atoms with Crippen LogP contribution in [-0.2, 0) is 9.47 Å². The van der Waals surface area contributed by atoms with Crippen LogP contribution in [0.4, 0.5) is 0 Å². The van der Waals surface area contributed by atoms with Crippen molar-refractivity contribution in [2.45, 2.75) is 17.3 Å². The zero-order chi connectivity index (χ0) is 12.4. The predicted octanol–water partition coefficient (Wildman–Crippen LogP) is 2.54. The molecular weight excluding hydrogens is 284 g/mol. The zero-order valence-electron chi connectivity index (χ0n) is 9.63. The van der Waals surface area contributed by atoms with Gasteiger partial charge in [0.05, 0.1) is 4.83 Å². The van der Waals surface area contributed by atoms with Crippen LogP contribution in [0.25, 0.3) is 0 Å². The van der Waals surface area contributed by atoms with Crippen LogP contribution in [0.15, 0.2) is 24.3 Å². The van der Waals surface area contributed by atoms with Gasteiger partial charge in [0, 0.05) is 19.8 Å². The fraction of sp³-hybridized carbons (Fsp3) is 0.417. The summed E-state index contributed by atoms with van der Waals surface area (Å²) in [7, 11) is 3.18. The zero-order valence-corrected chi connectivity index (χ0v) is 11.2. The average molecular weight is 297 g/mol. The number of alkyl halides is 1. The lowest BCUT2D eigenvalue weighted by Crippen LogP contribution is -2.43. The number of methoxy groups -OCH3 is 2. The molecule has 0 aliphatic carbocycles. The smallest absolute Gasteiger partial charge is 0.184 e. The molecule has 3 atom stereocenters. The van der Waals surface area contributed by atoms with Crippen molar-refractivity contribution < 1.29 is 9.47 Å². The van der Waals surface area contributed by atoms with Gasteiger partial charge in [-0.1, -0.05) is 40.2 Å². The summed E-state index contributed by atoms with van der Waals surface area (Å²) in [6.07, 6.45) is 1.38. The summed E-state index contributed by atoms with van der Waals surface area (Å²) in [5.74, 6) is 0. The van der Waals surface area contributed by atoms with E-state index in [-0.39, 0.29) is 11.1 Å². The highest BCUT2D eigenvalue weighted by atomic mass is 79.9. The van der Waals surface area contributed by atoms with Crippen LogP contribution in [-0.4, -0.2) is 25.3 Å². The summed E-state index contributed by atoms with van der Waals surface area (Å²) in [6, 6.07) is 7.89. The van der Waals surface area contributed by atoms with Gasteiger partial charge in [0.2, 0.25) is 0 Å². The van der Waals surface area contributed by atoms with E-state index in [0.29, 0.717) is 0 Å². The first-order valence-corrected chi connectivity index (χ1v) is 6.12. The summed E-state index contributed by atoms with van der Waals surface area (Å²) < 4.78 is 10.8. The highest BCUT2D eigenvalue weighted by molar-refractivity contribution is 9.09. The van der Waals surface area contributed by atoms with E-state index in [4.69, 9.17) is 9.47 Å². The average Bonchev–Trinajstić information content (AvgIpc) is 2.38. The molecule has 1 heterocycles. The maximum Gasteiger partial charge on any atom is 0.184 e. The maximum absolute atomic E-state index is 9.23. The minimum absolute atomic E-state index is 0.0465. The van der Waals surface area contributed by atoms with Crippen molar-refractivity contribution in [2.24, 2.45) is 0 Å². The Bertz CT molecular complexity index is 446. The molecule has 0 spiro atoms. The Morgan fingerprint density at radius 2 is 1.88 bits per heavy atom. The first-order chi connectivity index (χ1) is 8.24. The Morgan fingerprint density at radius 3 is 2.41 bits per heavy atom. The Morgan fingerprint density at radius 1 is 1.24 bits per heavy atom.